The van der Waals surface area contributed by atoms with Gasteiger partial charge in [-0.1, -0.05) is 55.0 Å². The second kappa shape index (κ2) is 6.59. The third-order valence-corrected chi connectivity index (χ3v) is 4.91. The van der Waals surface area contributed by atoms with Crippen LogP contribution in [0.15, 0.2) is 60.8 Å². The van der Waals surface area contributed by atoms with Gasteiger partial charge in [0.15, 0.2) is 0 Å². The Morgan fingerprint density at radius 2 is 1.48 bits per heavy atom. The van der Waals surface area contributed by atoms with Crippen LogP contribution >= 0.6 is 0 Å². The molecule has 2 aromatic carbocycles. The molecule has 1 fully saturated rings. The fraction of sp³-hybridized carbons (Fsp3) is 0.333. The lowest BCUT2D eigenvalue weighted by molar-refractivity contribution is 0.221. The molecule has 1 aliphatic rings. The van der Waals surface area contributed by atoms with Crippen LogP contribution in [-0.4, -0.2) is 22.6 Å². The summed E-state index contributed by atoms with van der Waals surface area (Å²) in [6.45, 7) is 4.53. The van der Waals surface area contributed by atoms with Crippen LogP contribution in [-0.2, 0) is 13.1 Å². The van der Waals surface area contributed by atoms with E-state index >= 15 is 0 Å². The smallest absolute Gasteiger partial charge is 0.0486 e. The van der Waals surface area contributed by atoms with Crippen LogP contribution < -0.4 is 0 Å². The van der Waals surface area contributed by atoms with E-state index < -0.39 is 0 Å². The molecule has 0 unspecified atom stereocenters. The van der Waals surface area contributed by atoms with Crippen LogP contribution in [0.2, 0.25) is 0 Å². The first-order valence-corrected chi connectivity index (χ1v) is 8.73. The predicted octanol–water partition coefficient (Wildman–Crippen LogP) is 4.68. The van der Waals surface area contributed by atoms with Crippen LogP contribution in [0.3, 0.4) is 0 Å². The zero-order valence-electron chi connectivity index (χ0n) is 13.6. The molecule has 2 heteroatoms. The molecule has 118 valence electrons. The molecule has 0 saturated carbocycles. The molecule has 1 aliphatic heterocycles. The Morgan fingerprint density at radius 3 is 2.30 bits per heavy atom. The van der Waals surface area contributed by atoms with Crippen LogP contribution in [0.1, 0.15) is 30.4 Å². The second-order valence-electron chi connectivity index (χ2n) is 6.62. The number of likely N-dealkylation sites (tertiary alicyclic amines) is 1. The lowest BCUT2D eigenvalue weighted by Gasteiger charge is -2.26. The second-order valence-corrected chi connectivity index (χ2v) is 6.62. The quantitative estimate of drug-likeness (QED) is 0.679. The van der Waals surface area contributed by atoms with Crippen LogP contribution in [0, 0.1) is 0 Å². The molecular weight excluding hydrogens is 280 g/mol. The molecule has 0 bridgehead atoms. The molecule has 4 rings (SSSR count). The monoisotopic (exact) mass is 304 g/mol. The minimum Gasteiger partial charge on any atom is -0.343 e. The number of fused-ring (bicyclic) bond motifs is 1. The molecule has 0 spiro atoms. The Hall–Kier alpha value is -2.06. The summed E-state index contributed by atoms with van der Waals surface area (Å²) in [5.41, 5.74) is 4.18. The first kappa shape index (κ1) is 14.5. The highest BCUT2D eigenvalue weighted by Crippen LogP contribution is 2.24. The van der Waals surface area contributed by atoms with Gasteiger partial charge in [0.25, 0.3) is 0 Å². The highest BCUT2D eigenvalue weighted by molar-refractivity contribution is 5.84. The van der Waals surface area contributed by atoms with E-state index in [1.807, 2.05) is 0 Å². The minimum atomic E-state index is 0.946. The Bertz CT molecular complexity index is 767. The van der Waals surface area contributed by atoms with Crippen molar-refractivity contribution in [1.82, 2.24) is 9.47 Å². The highest BCUT2D eigenvalue weighted by Gasteiger charge is 2.14. The van der Waals surface area contributed by atoms with E-state index in [9.17, 15) is 0 Å². The average molecular weight is 304 g/mol. The van der Waals surface area contributed by atoms with Crippen molar-refractivity contribution in [1.29, 1.82) is 0 Å². The third-order valence-electron chi connectivity index (χ3n) is 4.91. The van der Waals surface area contributed by atoms with E-state index in [1.165, 1.54) is 54.4 Å². The van der Waals surface area contributed by atoms with Gasteiger partial charge in [-0.15, -0.1) is 0 Å². The summed E-state index contributed by atoms with van der Waals surface area (Å²) in [5, 5.41) is 1.41. The van der Waals surface area contributed by atoms with E-state index in [2.05, 4.69) is 70.3 Å². The standard InChI is InChI=1S/C21H24N2/c1-3-9-18(10-4-1)15-23-17-19(16-22-13-7-2-8-14-22)20-11-5-6-12-21(20)23/h1,3-6,9-12,17H,2,7-8,13-16H2. The van der Waals surface area contributed by atoms with Gasteiger partial charge in [0.1, 0.15) is 0 Å². The zero-order chi connectivity index (χ0) is 15.5. The van der Waals surface area contributed by atoms with E-state index in [4.69, 9.17) is 0 Å². The summed E-state index contributed by atoms with van der Waals surface area (Å²) < 4.78 is 2.41. The van der Waals surface area contributed by atoms with Gasteiger partial charge in [-0.25, -0.2) is 0 Å². The number of hydrogen-bond donors (Lipinski definition) is 0. The maximum Gasteiger partial charge on any atom is 0.0486 e. The van der Waals surface area contributed by atoms with Crippen molar-refractivity contribution in [2.24, 2.45) is 0 Å². The fourth-order valence-corrected chi connectivity index (χ4v) is 3.72. The van der Waals surface area contributed by atoms with Gasteiger partial charge in [-0.3, -0.25) is 4.90 Å². The maximum absolute atomic E-state index is 2.61. The van der Waals surface area contributed by atoms with Gasteiger partial charge in [0.05, 0.1) is 0 Å². The normalized spacial score (nSPS) is 16.0. The average Bonchev–Trinajstić information content (AvgIpc) is 2.95. The summed E-state index contributed by atoms with van der Waals surface area (Å²) in [6, 6.07) is 19.6. The highest BCUT2D eigenvalue weighted by atomic mass is 15.1. The van der Waals surface area contributed by atoms with Crippen molar-refractivity contribution < 1.29 is 0 Å². The molecule has 3 aromatic rings. The van der Waals surface area contributed by atoms with Crippen molar-refractivity contribution in [3.8, 4) is 0 Å². The number of para-hydroxylation sites is 1. The summed E-state index contributed by atoms with van der Waals surface area (Å²) >= 11 is 0. The van der Waals surface area contributed by atoms with E-state index in [0.717, 1.165) is 13.1 Å². The topological polar surface area (TPSA) is 8.17 Å². The van der Waals surface area contributed by atoms with Gasteiger partial charge in [0, 0.05) is 30.2 Å². The van der Waals surface area contributed by atoms with Crippen molar-refractivity contribution in [2.75, 3.05) is 13.1 Å². The molecule has 2 nitrogen and oxygen atoms in total. The number of piperidine rings is 1. The van der Waals surface area contributed by atoms with E-state index in [-0.39, 0.29) is 0 Å². The lowest BCUT2D eigenvalue weighted by atomic mass is 10.1. The first-order valence-electron chi connectivity index (χ1n) is 8.73. The summed E-state index contributed by atoms with van der Waals surface area (Å²) in [6.07, 6.45) is 6.46. The Morgan fingerprint density at radius 1 is 0.739 bits per heavy atom. The van der Waals surface area contributed by atoms with Crippen molar-refractivity contribution in [3.05, 3.63) is 71.9 Å². The number of rotatable bonds is 4. The number of nitrogens with zero attached hydrogens (tertiary/aromatic N) is 2. The van der Waals surface area contributed by atoms with Crippen LogP contribution in [0.5, 0.6) is 0 Å². The number of aromatic nitrogens is 1. The minimum absolute atomic E-state index is 0.946. The van der Waals surface area contributed by atoms with Gasteiger partial charge < -0.3 is 4.57 Å². The molecule has 1 saturated heterocycles. The van der Waals surface area contributed by atoms with Gasteiger partial charge >= 0.3 is 0 Å². The largest absolute Gasteiger partial charge is 0.343 e. The molecule has 0 amide bonds. The first-order chi connectivity index (χ1) is 11.4. The van der Waals surface area contributed by atoms with Crippen LogP contribution in [0.4, 0.5) is 0 Å². The molecule has 1 aromatic heterocycles. The van der Waals surface area contributed by atoms with Crippen molar-refractivity contribution in [2.45, 2.75) is 32.4 Å². The molecule has 2 heterocycles. The lowest BCUT2D eigenvalue weighted by Crippen LogP contribution is -2.28. The third kappa shape index (κ3) is 3.18. The summed E-state index contributed by atoms with van der Waals surface area (Å²) in [5.74, 6) is 0. The number of benzene rings is 2. The van der Waals surface area contributed by atoms with Gasteiger partial charge in [-0.2, -0.15) is 0 Å². The maximum atomic E-state index is 2.61. The van der Waals surface area contributed by atoms with Crippen molar-refractivity contribution in [3.63, 3.8) is 0 Å². The molecule has 0 atom stereocenters. The molecule has 0 aliphatic carbocycles. The molecule has 0 N–H and O–H groups in total. The molecule has 0 radical (unpaired) electrons. The summed E-state index contributed by atoms with van der Waals surface area (Å²) in [4.78, 5) is 2.61. The Labute approximate surface area is 138 Å². The van der Waals surface area contributed by atoms with Gasteiger partial charge in [0.2, 0.25) is 0 Å². The Balaban J connectivity index is 1.65. The number of hydrogen-bond acceptors (Lipinski definition) is 1. The molecule has 23 heavy (non-hydrogen) atoms. The fourth-order valence-electron chi connectivity index (χ4n) is 3.72. The van der Waals surface area contributed by atoms with Gasteiger partial charge in [-0.05, 0) is 43.1 Å². The summed E-state index contributed by atoms with van der Waals surface area (Å²) in [7, 11) is 0. The predicted molar refractivity (Wildman–Crippen MR) is 96.6 cm³/mol. The molecular formula is C21H24N2. The van der Waals surface area contributed by atoms with Crippen LogP contribution in [0.25, 0.3) is 10.9 Å². The van der Waals surface area contributed by atoms with E-state index in [1.54, 1.807) is 0 Å². The Kier molecular flexibility index (Phi) is 4.16. The van der Waals surface area contributed by atoms with E-state index in [0.29, 0.717) is 0 Å². The zero-order valence-corrected chi connectivity index (χ0v) is 13.6. The SMILES string of the molecule is c1ccc(Cn2cc(CN3CCCCC3)c3ccccc32)cc1. The van der Waals surface area contributed by atoms with Crippen molar-refractivity contribution >= 4 is 10.9 Å².